The van der Waals surface area contributed by atoms with Crippen LogP contribution in [-0.2, 0) is 4.74 Å². The van der Waals surface area contributed by atoms with Crippen molar-refractivity contribution in [2.75, 3.05) is 13.2 Å². The Morgan fingerprint density at radius 3 is 2.91 bits per heavy atom. The summed E-state index contributed by atoms with van der Waals surface area (Å²) in [5.41, 5.74) is 6.91. The largest absolute Gasteiger partial charge is 0.375 e. The molecule has 64 valence electrons. The van der Waals surface area contributed by atoms with E-state index in [9.17, 15) is 0 Å². The van der Waals surface area contributed by atoms with E-state index in [4.69, 9.17) is 10.5 Å². The highest BCUT2D eigenvalue weighted by atomic mass is 16.5. The fourth-order valence-corrected chi connectivity index (χ4v) is 1.49. The average Bonchev–Trinajstić information content (AvgIpc) is 1.85. The van der Waals surface area contributed by atoms with Gasteiger partial charge in [-0.05, 0) is 26.7 Å². The first-order valence-electron chi connectivity index (χ1n) is 4.16. The van der Waals surface area contributed by atoms with Gasteiger partial charge in [0.15, 0.2) is 0 Å². The van der Waals surface area contributed by atoms with Crippen LogP contribution in [0, 0.1) is 0 Å². The SMILES string of the molecule is CC1(C)CC(=CCN)CCO1. The van der Waals surface area contributed by atoms with Gasteiger partial charge in [-0.2, -0.15) is 0 Å². The summed E-state index contributed by atoms with van der Waals surface area (Å²) in [5, 5.41) is 0. The zero-order valence-electron chi connectivity index (χ0n) is 7.39. The van der Waals surface area contributed by atoms with Gasteiger partial charge >= 0.3 is 0 Å². The Bertz CT molecular complexity index is 161. The van der Waals surface area contributed by atoms with Crippen LogP contribution in [0.1, 0.15) is 26.7 Å². The summed E-state index contributed by atoms with van der Waals surface area (Å²) < 4.78 is 5.56. The zero-order valence-corrected chi connectivity index (χ0v) is 7.39. The highest BCUT2D eigenvalue weighted by Gasteiger charge is 2.24. The van der Waals surface area contributed by atoms with Crippen molar-refractivity contribution in [3.8, 4) is 0 Å². The zero-order chi connectivity index (χ0) is 8.32. The van der Waals surface area contributed by atoms with E-state index in [1.165, 1.54) is 5.57 Å². The number of hydrogen-bond donors (Lipinski definition) is 1. The van der Waals surface area contributed by atoms with Crippen LogP contribution in [0.4, 0.5) is 0 Å². The van der Waals surface area contributed by atoms with Crippen LogP contribution in [0.2, 0.25) is 0 Å². The van der Waals surface area contributed by atoms with Gasteiger partial charge in [-0.1, -0.05) is 11.6 Å². The van der Waals surface area contributed by atoms with Gasteiger partial charge in [0.1, 0.15) is 0 Å². The molecule has 0 aliphatic carbocycles. The molecule has 1 rings (SSSR count). The maximum atomic E-state index is 5.56. The quantitative estimate of drug-likeness (QED) is 0.582. The first-order valence-corrected chi connectivity index (χ1v) is 4.16. The van der Waals surface area contributed by atoms with Crippen molar-refractivity contribution in [1.29, 1.82) is 0 Å². The molecule has 0 spiro atoms. The van der Waals surface area contributed by atoms with Crippen molar-refractivity contribution in [3.05, 3.63) is 11.6 Å². The van der Waals surface area contributed by atoms with Gasteiger partial charge in [0, 0.05) is 6.54 Å². The van der Waals surface area contributed by atoms with E-state index in [-0.39, 0.29) is 5.60 Å². The smallest absolute Gasteiger partial charge is 0.0663 e. The normalized spacial score (nSPS) is 27.4. The molecule has 0 radical (unpaired) electrons. The van der Waals surface area contributed by atoms with Crippen molar-refractivity contribution in [2.45, 2.75) is 32.3 Å². The number of ether oxygens (including phenoxy) is 1. The van der Waals surface area contributed by atoms with Crippen molar-refractivity contribution < 1.29 is 4.74 Å². The molecule has 0 saturated carbocycles. The Hall–Kier alpha value is -0.340. The molecule has 1 fully saturated rings. The molecule has 0 unspecified atom stereocenters. The van der Waals surface area contributed by atoms with Crippen LogP contribution in [0.3, 0.4) is 0 Å². The minimum Gasteiger partial charge on any atom is -0.375 e. The van der Waals surface area contributed by atoms with Crippen LogP contribution in [-0.4, -0.2) is 18.8 Å². The Morgan fingerprint density at radius 1 is 1.64 bits per heavy atom. The molecule has 1 heterocycles. The summed E-state index contributed by atoms with van der Waals surface area (Å²) in [6.07, 6.45) is 4.20. The number of rotatable bonds is 1. The topological polar surface area (TPSA) is 35.2 Å². The lowest BCUT2D eigenvalue weighted by Gasteiger charge is -2.31. The minimum atomic E-state index is 0.0270. The third-order valence-corrected chi connectivity index (χ3v) is 1.98. The van der Waals surface area contributed by atoms with Crippen LogP contribution in [0.5, 0.6) is 0 Å². The van der Waals surface area contributed by atoms with E-state index in [1.807, 2.05) is 0 Å². The Labute approximate surface area is 68.4 Å². The molecule has 0 aromatic rings. The molecule has 0 aromatic heterocycles. The second-order valence-electron chi connectivity index (χ2n) is 3.63. The van der Waals surface area contributed by atoms with Crippen molar-refractivity contribution in [1.82, 2.24) is 0 Å². The van der Waals surface area contributed by atoms with E-state index >= 15 is 0 Å². The van der Waals surface area contributed by atoms with Gasteiger partial charge in [-0.3, -0.25) is 0 Å². The molecule has 1 aliphatic heterocycles. The van der Waals surface area contributed by atoms with Gasteiger partial charge in [-0.25, -0.2) is 0 Å². The fraction of sp³-hybridized carbons (Fsp3) is 0.778. The molecule has 0 aromatic carbocycles. The summed E-state index contributed by atoms with van der Waals surface area (Å²) in [4.78, 5) is 0. The Balaban J connectivity index is 2.53. The summed E-state index contributed by atoms with van der Waals surface area (Å²) in [6, 6.07) is 0. The van der Waals surface area contributed by atoms with E-state index in [2.05, 4.69) is 19.9 Å². The average molecular weight is 155 g/mol. The summed E-state index contributed by atoms with van der Waals surface area (Å²) >= 11 is 0. The van der Waals surface area contributed by atoms with Gasteiger partial charge in [0.2, 0.25) is 0 Å². The molecule has 2 nitrogen and oxygen atoms in total. The van der Waals surface area contributed by atoms with Crippen LogP contribution in [0.15, 0.2) is 11.6 Å². The molecule has 2 heteroatoms. The highest BCUT2D eigenvalue weighted by molar-refractivity contribution is 5.08. The van der Waals surface area contributed by atoms with Gasteiger partial charge < -0.3 is 10.5 Å². The lowest BCUT2D eigenvalue weighted by molar-refractivity contribution is -0.0333. The second-order valence-corrected chi connectivity index (χ2v) is 3.63. The van der Waals surface area contributed by atoms with Gasteiger partial charge in [0.25, 0.3) is 0 Å². The predicted octanol–water partition coefficient (Wildman–Crippen LogP) is 1.46. The van der Waals surface area contributed by atoms with Gasteiger partial charge in [0.05, 0.1) is 12.2 Å². The highest BCUT2D eigenvalue weighted by Crippen LogP contribution is 2.27. The maximum absolute atomic E-state index is 5.56. The van der Waals surface area contributed by atoms with Gasteiger partial charge in [-0.15, -0.1) is 0 Å². The van der Waals surface area contributed by atoms with E-state index < -0.39 is 0 Å². The van der Waals surface area contributed by atoms with Crippen molar-refractivity contribution in [3.63, 3.8) is 0 Å². The van der Waals surface area contributed by atoms with Crippen LogP contribution >= 0.6 is 0 Å². The van der Waals surface area contributed by atoms with E-state index in [0.717, 1.165) is 19.4 Å². The van der Waals surface area contributed by atoms with Crippen LogP contribution in [0.25, 0.3) is 0 Å². The van der Waals surface area contributed by atoms with E-state index in [1.54, 1.807) is 0 Å². The third kappa shape index (κ3) is 2.64. The monoisotopic (exact) mass is 155 g/mol. The molecule has 1 saturated heterocycles. The number of nitrogens with two attached hydrogens (primary N) is 1. The number of hydrogen-bond acceptors (Lipinski definition) is 2. The summed E-state index contributed by atoms with van der Waals surface area (Å²) in [6.45, 7) is 5.75. The Kier molecular flexibility index (Phi) is 2.68. The lowest BCUT2D eigenvalue weighted by Crippen LogP contribution is -2.30. The molecular weight excluding hydrogens is 138 g/mol. The van der Waals surface area contributed by atoms with Crippen molar-refractivity contribution in [2.24, 2.45) is 5.73 Å². The van der Waals surface area contributed by atoms with E-state index in [0.29, 0.717) is 6.54 Å². The van der Waals surface area contributed by atoms with Crippen molar-refractivity contribution >= 4 is 0 Å². The molecule has 1 aliphatic rings. The minimum absolute atomic E-state index is 0.0270. The first-order chi connectivity index (χ1) is 5.14. The summed E-state index contributed by atoms with van der Waals surface area (Å²) in [5.74, 6) is 0. The molecule has 0 amide bonds. The third-order valence-electron chi connectivity index (χ3n) is 1.98. The first kappa shape index (κ1) is 8.75. The molecule has 0 atom stereocenters. The Morgan fingerprint density at radius 2 is 2.36 bits per heavy atom. The second kappa shape index (κ2) is 3.37. The van der Waals surface area contributed by atoms with Crippen LogP contribution < -0.4 is 5.73 Å². The fourth-order valence-electron chi connectivity index (χ4n) is 1.49. The summed E-state index contributed by atoms with van der Waals surface area (Å²) in [7, 11) is 0. The molecular formula is C9H17NO. The predicted molar refractivity (Wildman–Crippen MR) is 46.4 cm³/mol. The molecule has 0 bridgehead atoms. The lowest BCUT2D eigenvalue weighted by atomic mass is 9.93. The molecule has 11 heavy (non-hydrogen) atoms. The standard InChI is InChI=1S/C9H17NO/c1-9(2)7-8(3-5-10)4-6-11-9/h3H,4-7,10H2,1-2H3. The maximum Gasteiger partial charge on any atom is 0.0663 e. The molecule has 2 N–H and O–H groups in total.